The van der Waals surface area contributed by atoms with E-state index in [1.165, 1.54) is 25.7 Å². The Morgan fingerprint density at radius 1 is 1.20 bits per heavy atom. The van der Waals surface area contributed by atoms with Crippen LogP contribution >= 0.6 is 0 Å². The zero-order valence-corrected chi connectivity index (χ0v) is 7.83. The number of hydrogen-bond acceptors (Lipinski definition) is 0. The molecule has 0 heterocycles. The first-order valence-corrected chi connectivity index (χ1v) is 4.52. The summed E-state index contributed by atoms with van der Waals surface area (Å²) in [5.41, 5.74) is 3.39. The summed E-state index contributed by atoms with van der Waals surface area (Å²) < 4.78 is 0. The zero-order chi connectivity index (χ0) is 7.98. The Morgan fingerprint density at radius 2 is 1.80 bits per heavy atom. The Balaban J connectivity index is 0.000000371. The summed E-state index contributed by atoms with van der Waals surface area (Å²) in [6, 6.07) is 0. The van der Waals surface area contributed by atoms with Crippen LogP contribution in [0.3, 0.4) is 0 Å². The van der Waals surface area contributed by atoms with E-state index in [0.717, 1.165) is 0 Å². The molecule has 0 saturated heterocycles. The summed E-state index contributed by atoms with van der Waals surface area (Å²) in [6.07, 6.45) is 5.44. The average Bonchev–Trinajstić information content (AvgIpc) is 2.01. The van der Waals surface area contributed by atoms with Gasteiger partial charge in [0.2, 0.25) is 0 Å². The summed E-state index contributed by atoms with van der Waals surface area (Å²) in [4.78, 5) is 0. The van der Waals surface area contributed by atoms with Gasteiger partial charge in [-0.3, -0.25) is 0 Å². The van der Waals surface area contributed by atoms with Gasteiger partial charge in [0, 0.05) is 0 Å². The summed E-state index contributed by atoms with van der Waals surface area (Å²) in [5, 5.41) is 0. The third-order valence-electron chi connectivity index (χ3n) is 1.96. The fraction of sp³-hybridized carbons (Fsp3) is 0.800. The lowest BCUT2D eigenvalue weighted by Gasteiger charge is -2.19. The van der Waals surface area contributed by atoms with Gasteiger partial charge in [-0.15, -0.1) is 0 Å². The molecule has 1 aliphatic rings. The normalized spacial score (nSPS) is 15.6. The lowest BCUT2D eigenvalue weighted by molar-refractivity contribution is 0.718. The topological polar surface area (TPSA) is 0 Å². The van der Waals surface area contributed by atoms with Gasteiger partial charge in [0.1, 0.15) is 0 Å². The van der Waals surface area contributed by atoms with Crippen molar-refractivity contribution in [1.29, 1.82) is 0 Å². The highest BCUT2D eigenvalue weighted by Crippen LogP contribution is 2.30. The minimum Gasteiger partial charge on any atom is -0.0738 e. The van der Waals surface area contributed by atoms with Crippen LogP contribution in [0.5, 0.6) is 0 Å². The van der Waals surface area contributed by atoms with E-state index >= 15 is 0 Å². The molecule has 0 spiro atoms. The second-order valence-electron chi connectivity index (χ2n) is 2.63. The molecule has 0 N–H and O–H groups in total. The highest BCUT2D eigenvalue weighted by molar-refractivity contribution is 5.21. The highest BCUT2D eigenvalue weighted by atomic mass is 14.2. The van der Waals surface area contributed by atoms with E-state index in [0.29, 0.717) is 0 Å². The minimum absolute atomic E-state index is 1.33. The van der Waals surface area contributed by atoms with Crippen molar-refractivity contribution < 1.29 is 0 Å². The fourth-order valence-electron chi connectivity index (χ4n) is 1.19. The molecule has 60 valence electrons. The van der Waals surface area contributed by atoms with Crippen LogP contribution in [0.15, 0.2) is 11.1 Å². The van der Waals surface area contributed by atoms with Gasteiger partial charge < -0.3 is 0 Å². The summed E-state index contributed by atoms with van der Waals surface area (Å²) >= 11 is 0. The third kappa shape index (κ3) is 2.55. The van der Waals surface area contributed by atoms with Gasteiger partial charge in [0.05, 0.1) is 0 Å². The third-order valence-corrected chi connectivity index (χ3v) is 1.96. The first-order chi connectivity index (χ1) is 4.84. The first-order valence-electron chi connectivity index (χ1n) is 4.52. The van der Waals surface area contributed by atoms with E-state index in [9.17, 15) is 0 Å². The van der Waals surface area contributed by atoms with E-state index in [-0.39, 0.29) is 0 Å². The van der Waals surface area contributed by atoms with Crippen LogP contribution in [-0.2, 0) is 0 Å². The van der Waals surface area contributed by atoms with Gasteiger partial charge in [0.25, 0.3) is 0 Å². The smallest absolute Gasteiger partial charge is 0.0280 e. The molecule has 1 rings (SSSR count). The van der Waals surface area contributed by atoms with Gasteiger partial charge in [-0.25, -0.2) is 0 Å². The van der Waals surface area contributed by atoms with Crippen LogP contribution < -0.4 is 0 Å². The van der Waals surface area contributed by atoms with Crippen molar-refractivity contribution in [3.05, 3.63) is 11.1 Å². The van der Waals surface area contributed by atoms with E-state index in [1.54, 1.807) is 11.1 Å². The Labute approximate surface area is 65.3 Å². The molecule has 0 heteroatoms. The molecule has 0 atom stereocenters. The molecule has 0 nitrogen and oxygen atoms in total. The molecule has 1 aliphatic carbocycles. The molecule has 0 aliphatic heterocycles. The second-order valence-corrected chi connectivity index (χ2v) is 2.63. The van der Waals surface area contributed by atoms with Gasteiger partial charge >= 0.3 is 0 Å². The van der Waals surface area contributed by atoms with E-state index in [4.69, 9.17) is 0 Å². The maximum atomic E-state index is 2.26. The Kier molecular flexibility index (Phi) is 5.38. The average molecular weight is 140 g/mol. The molecular weight excluding hydrogens is 120 g/mol. The largest absolute Gasteiger partial charge is 0.0738 e. The fourth-order valence-corrected chi connectivity index (χ4v) is 1.19. The summed E-state index contributed by atoms with van der Waals surface area (Å²) in [6.45, 7) is 8.51. The van der Waals surface area contributed by atoms with Gasteiger partial charge in [-0.1, -0.05) is 38.3 Å². The second kappa shape index (κ2) is 5.52. The molecule has 0 fully saturated rings. The van der Waals surface area contributed by atoms with Crippen molar-refractivity contribution in [2.75, 3.05) is 0 Å². The van der Waals surface area contributed by atoms with Crippen molar-refractivity contribution in [3.63, 3.8) is 0 Å². The Morgan fingerprint density at radius 3 is 1.90 bits per heavy atom. The monoisotopic (exact) mass is 140 g/mol. The van der Waals surface area contributed by atoms with Crippen molar-refractivity contribution in [2.45, 2.75) is 53.4 Å². The molecule has 0 saturated carbocycles. The Hall–Kier alpha value is -0.260. The van der Waals surface area contributed by atoms with Crippen LogP contribution in [0.2, 0.25) is 0 Å². The molecule has 0 radical (unpaired) electrons. The van der Waals surface area contributed by atoms with Crippen LogP contribution in [0.4, 0.5) is 0 Å². The molecule has 0 amide bonds. The van der Waals surface area contributed by atoms with Crippen LogP contribution in [0.25, 0.3) is 0 Å². The van der Waals surface area contributed by atoms with E-state index in [2.05, 4.69) is 13.8 Å². The van der Waals surface area contributed by atoms with E-state index in [1.807, 2.05) is 13.8 Å². The molecule has 0 aromatic heterocycles. The molecule has 0 aromatic rings. The maximum absolute atomic E-state index is 2.26. The summed E-state index contributed by atoms with van der Waals surface area (Å²) in [7, 11) is 0. The predicted octanol–water partition coefficient (Wildman–Crippen LogP) is 3.92. The van der Waals surface area contributed by atoms with Crippen molar-refractivity contribution in [2.24, 2.45) is 0 Å². The minimum atomic E-state index is 1.33. The highest BCUT2D eigenvalue weighted by Gasteiger charge is 2.10. The van der Waals surface area contributed by atoms with Gasteiger partial charge in [-0.05, 0) is 26.2 Å². The van der Waals surface area contributed by atoms with Crippen molar-refractivity contribution in [1.82, 2.24) is 0 Å². The van der Waals surface area contributed by atoms with Crippen molar-refractivity contribution in [3.8, 4) is 0 Å². The molecule has 0 aromatic carbocycles. The first kappa shape index (κ1) is 9.74. The van der Waals surface area contributed by atoms with Crippen LogP contribution in [0.1, 0.15) is 53.4 Å². The number of hydrogen-bond donors (Lipinski definition) is 0. The maximum Gasteiger partial charge on any atom is -0.0280 e. The Bertz CT molecular complexity index is 109. The van der Waals surface area contributed by atoms with Crippen LogP contribution in [-0.4, -0.2) is 0 Å². The molecule has 0 bridgehead atoms. The standard InChI is InChI=1S/C8H14.C2H6/c1-3-4-8-6-5-7(8)2;1-2/h3-6H2,1-2H3;1-2H3. The quantitative estimate of drug-likeness (QED) is 0.510. The predicted molar refractivity (Wildman–Crippen MR) is 48.2 cm³/mol. The lowest BCUT2D eigenvalue weighted by atomic mass is 9.87. The molecule has 10 heavy (non-hydrogen) atoms. The molecular formula is C10H20. The number of rotatable bonds is 2. The zero-order valence-electron chi connectivity index (χ0n) is 7.83. The van der Waals surface area contributed by atoms with Crippen LogP contribution in [0, 0.1) is 0 Å². The van der Waals surface area contributed by atoms with Gasteiger partial charge in [0.15, 0.2) is 0 Å². The molecule has 0 unspecified atom stereocenters. The SMILES string of the molecule is CC.CCCC1=C(C)CC1. The van der Waals surface area contributed by atoms with Gasteiger partial charge in [-0.2, -0.15) is 0 Å². The number of allylic oxidation sites excluding steroid dienone is 2. The lowest BCUT2D eigenvalue weighted by Crippen LogP contribution is -1.99. The summed E-state index contributed by atoms with van der Waals surface area (Å²) in [5.74, 6) is 0. The van der Waals surface area contributed by atoms with Crippen molar-refractivity contribution >= 4 is 0 Å². The van der Waals surface area contributed by atoms with E-state index < -0.39 is 0 Å².